The van der Waals surface area contributed by atoms with Crippen LogP contribution in [0.5, 0.6) is 0 Å². The van der Waals surface area contributed by atoms with Crippen molar-refractivity contribution in [3.05, 3.63) is 29.4 Å². The van der Waals surface area contributed by atoms with Crippen LogP contribution in [-0.4, -0.2) is 35.3 Å². The standard InChI is InChI=1S/C15H14N4O3/c16-8-4-9(17)15-13-7(6-18-14(8)13)3-10(19-15)11(20)5-12-21-1-2-22-12/h3-4,6,12,17,19H,1-2,5,16H2. The maximum atomic E-state index is 12.4. The predicted molar refractivity (Wildman–Crippen MR) is 79.7 cm³/mol. The molecule has 4 rings (SSSR count). The Kier molecular flexibility index (Phi) is 2.85. The second-order valence-electron chi connectivity index (χ2n) is 5.31. The zero-order chi connectivity index (χ0) is 15.3. The van der Waals surface area contributed by atoms with Crippen LogP contribution in [0.15, 0.2) is 18.3 Å². The van der Waals surface area contributed by atoms with Crippen molar-refractivity contribution in [2.75, 3.05) is 18.9 Å². The highest BCUT2D eigenvalue weighted by Crippen LogP contribution is 2.28. The van der Waals surface area contributed by atoms with Gasteiger partial charge in [-0.2, -0.15) is 0 Å². The fourth-order valence-corrected chi connectivity index (χ4v) is 2.81. The van der Waals surface area contributed by atoms with Crippen molar-refractivity contribution in [1.29, 1.82) is 5.41 Å². The number of Topliss-reactive ketones (excluding diaryl/α,β-unsaturated/α-hetero) is 1. The van der Waals surface area contributed by atoms with Gasteiger partial charge in [-0.25, -0.2) is 0 Å². The van der Waals surface area contributed by atoms with Gasteiger partial charge in [0.15, 0.2) is 12.1 Å². The van der Waals surface area contributed by atoms with Gasteiger partial charge in [0.05, 0.1) is 47.4 Å². The predicted octanol–water partition coefficient (Wildman–Crippen LogP) is 1.16. The first-order valence-electron chi connectivity index (χ1n) is 6.98. The van der Waals surface area contributed by atoms with Gasteiger partial charge < -0.3 is 20.2 Å². The number of nitrogen functional groups attached to an aromatic ring is 1. The molecule has 0 amide bonds. The van der Waals surface area contributed by atoms with E-state index in [1.807, 2.05) is 0 Å². The van der Waals surface area contributed by atoms with E-state index in [-0.39, 0.29) is 17.6 Å². The first kappa shape index (κ1) is 13.2. The number of nitrogens with two attached hydrogens (primary N) is 1. The number of carbonyl (C=O) groups is 1. The fourth-order valence-electron chi connectivity index (χ4n) is 2.81. The number of nitrogens with zero attached hydrogens (tertiary/aromatic N) is 1. The number of pyridine rings is 1. The summed E-state index contributed by atoms with van der Waals surface area (Å²) in [6.45, 7) is 1.02. The Bertz CT molecular complexity index is 927. The maximum Gasteiger partial charge on any atom is 0.184 e. The fraction of sp³-hybridized carbons (Fsp3) is 0.267. The maximum absolute atomic E-state index is 12.4. The SMILES string of the molecule is N=c1cc(N)c2ncc3cc(C(=O)CC4OCCO4)[nH]c1c32. The molecule has 112 valence electrons. The Morgan fingerprint density at radius 3 is 2.95 bits per heavy atom. The van der Waals surface area contributed by atoms with Crippen molar-refractivity contribution in [2.45, 2.75) is 12.7 Å². The van der Waals surface area contributed by atoms with Gasteiger partial charge in [-0.15, -0.1) is 0 Å². The van der Waals surface area contributed by atoms with Crippen LogP contribution in [0.25, 0.3) is 21.8 Å². The molecule has 22 heavy (non-hydrogen) atoms. The molecule has 0 spiro atoms. The minimum atomic E-state index is -0.490. The molecular weight excluding hydrogens is 284 g/mol. The van der Waals surface area contributed by atoms with Crippen LogP contribution < -0.4 is 11.1 Å². The van der Waals surface area contributed by atoms with E-state index in [9.17, 15) is 4.79 Å². The number of aromatic amines is 1. The molecule has 1 fully saturated rings. The van der Waals surface area contributed by atoms with Crippen LogP contribution in [0, 0.1) is 5.41 Å². The van der Waals surface area contributed by atoms with Crippen molar-refractivity contribution >= 4 is 33.3 Å². The number of H-pyrrole nitrogens is 1. The van der Waals surface area contributed by atoms with E-state index in [0.717, 1.165) is 10.8 Å². The summed E-state index contributed by atoms with van der Waals surface area (Å²) in [5, 5.41) is 9.88. The Morgan fingerprint density at radius 1 is 1.41 bits per heavy atom. The van der Waals surface area contributed by atoms with Gasteiger partial charge in [0.25, 0.3) is 0 Å². The van der Waals surface area contributed by atoms with Crippen molar-refractivity contribution in [3.8, 4) is 0 Å². The van der Waals surface area contributed by atoms with Crippen LogP contribution >= 0.6 is 0 Å². The van der Waals surface area contributed by atoms with Gasteiger partial charge >= 0.3 is 0 Å². The molecule has 1 saturated heterocycles. The molecule has 7 heteroatoms. The summed E-state index contributed by atoms with van der Waals surface area (Å²) in [5.74, 6) is -0.122. The minimum Gasteiger partial charge on any atom is -0.397 e. The van der Waals surface area contributed by atoms with Crippen molar-refractivity contribution in [3.63, 3.8) is 0 Å². The molecule has 3 aromatic rings. The molecule has 1 aliphatic heterocycles. The van der Waals surface area contributed by atoms with Gasteiger partial charge in [0, 0.05) is 17.0 Å². The Balaban J connectivity index is 1.82. The van der Waals surface area contributed by atoms with Crippen molar-refractivity contribution < 1.29 is 14.3 Å². The minimum absolute atomic E-state index is 0.122. The van der Waals surface area contributed by atoms with E-state index in [2.05, 4.69) is 9.97 Å². The second-order valence-corrected chi connectivity index (χ2v) is 5.31. The summed E-state index contributed by atoms with van der Waals surface area (Å²) >= 11 is 0. The Labute approximate surface area is 124 Å². The summed E-state index contributed by atoms with van der Waals surface area (Å²) in [6, 6.07) is 3.27. The highest BCUT2D eigenvalue weighted by Gasteiger charge is 2.22. The molecule has 2 aromatic heterocycles. The molecule has 0 atom stereocenters. The van der Waals surface area contributed by atoms with Gasteiger partial charge in [0.2, 0.25) is 0 Å². The third-order valence-corrected chi connectivity index (χ3v) is 3.85. The number of benzene rings is 1. The molecule has 1 aromatic carbocycles. The zero-order valence-corrected chi connectivity index (χ0v) is 11.7. The summed E-state index contributed by atoms with van der Waals surface area (Å²) in [4.78, 5) is 19.7. The van der Waals surface area contributed by atoms with Crippen LogP contribution in [0.2, 0.25) is 0 Å². The van der Waals surface area contributed by atoms with E-state index >= 15 is 0 Å². The van der Waals surface area contributed by atoms with E-state index in [4.69, 9.17) is 20.6 Å². The molecule has 0 saturated carbocycles. The van der Waals surface area contributed by atoms with Crippen LogP contribution in [0.4, 0.5) is 5.69 Å². The average molecular weight is 298 g/mol. The average Bonchev–Trinajstić information content (AvgIpc) is 3.14. The van der Waals surface area contributed by atoms with Gasteiger partial charge in [0.1, 0.15) is 0 Å². The Hall–Kier alpha value is -2.51. The number of aromatic nitrogens is 2. The van der Waals surface area contributed by atoms with Crippen LogP contribution in [0.3, 0.4) is 0 Å². The number of nitrogens with one attached hydrogen (secondary N) is 2. The van der Waals surface area contributed by atoms with Gasteiger partial charge in [-0.3, -0.25) is 15.2 Å². The number of ketones is 1. The van der Waals surface area contributed by atoms with E-state index < -0.39 is 6.29 Å². The number of ether oxygens (including phenoxy) is 2. The van der Waals surface area contributed by atoms with Gasteiger partial charge in [-0.05, 0) is 12.1 Å². The largest absolute Gasteiger partial charge is 0.397 e. The molecule has 1 aliphatic rings. The lowest BCUT2D eigenvalue weighted by Crippen LogP contribution is -2.16. The highest BCUT2D eigenvalue weighted by molar-refractivity contribution is 6.13. The summed E-state index contributed by atoms with van der Waals surface area (Å²) in [6.07, 6.45) is 1.32. The van der Waals surface area contributed by atoms with E-state index in [1.54, 1.807) is 12.3 Å². The molecule has 0 aliphatic carbocycles. The third-order valence-electron chi connectivity index (χ3n) is 3.85. The quantitative estimate of drug-likeness (QED) is 0.496. The molecular formula is C15H14N4O3. The number of hydrogen-bond acceptors (Lipinski definition) is 6. The first-order valence-corrected chi connectivity index (χ1v) is 6.98. The molecule has 0 bridgehead atoms. The van der Waals surface area contributed by atoms with E-state index in [1.165, 1.54) is 6.07 Å². The summed E-state index contributed by atoms with van der Waals surface area (Å²) < 4.78 is 10.6. The molecule has 0 unspecified atom stereocenters. The molecule has 0 radical (unpaired) electrons. The Morgan fingerprint density at radius 2 is 2.18 bits per heavy atom. The van der Waals surface area contributed by atoms with Gasteiger partial charge in [-0.1, -0.05) is 0 Å². The van der Waals surface area contributed by atoms with Crippen molar-refractivity contribution in [2.24, 2.45) is 0 Å². The summed E-state index contributed by atoms with van der Waals surface area (Å²) in [7, 11) is 0. The zero-order valence-electron chi connectivity index (χ0n) is 11.7. The number of hydrogen-bond donors (Lipinski definition) is 3. The lowest BCUT2D eigenvalue weighted by molar-refractivity contribution is -0.0408. The normalized spacial score (nSPS) is 16.0. The number of anilines is 1. The van der Waals surface area contributed by atoms with Crippen LogP contribution in [0.1, 0.15) is 16.9 Å². The molecule has 3 heterocycles. The number of rotatable bonds is 3. The monoisotopic (exact) mass is 298 g/mol. The molecule has 7 nitrogen and oxygen atoms in total. The first-order chi connectivity index (χ1) is 10.6. The topological polar surface area (TPSA) is 114 Å². The second kappa shape index (κ2) is 4.75. The number of carbonyl (C=O) groups excluding carboxylic acids is 1. The third kappa shape index (κ3) is 1.94. The summed E-state index contributed by atoms with van der Waals surface area (Å²) in [5.41, 5.74) is 7.99. The van der Waals surface area contributed by atoms with Crippen LogP contribution in [-0.2, 0) is 9.47 Å². The lowest BCUT2D eigenvalue weighted by Gasteiger charge is -2.09. The van der Waals surface area contributed by atoms with Crippen molar-refractivity contribution in [1.82, 2.24) is 9.97 Å². The van der Waals surface area contributed by atoms with E-state index in [0.29, 0.717) is 35.6 Å². The lowest BCUT2D eigenvalue weighted by atomic mass is 10.1. The molecule has 4 N–H and O–H groups in total. The highest BCUT2D eigenvalue weighted by atomic mass is 16.7. The smallest absolute Gasteiger partial charge is 0.184 e.